The monoisotopic (exact) mass is 893 g/mol. The Hall–Kier alpha value is -3.15. The van der Waals surface area contributed by atoms with Crippen molar-refractivity contribution < 1.29 is 28.6 Å². The van der Waals surface area contributed by atoms with Crippen molar-refractivity contribution in [1.29, 1.82) is 0 Å². The Morgan fingerprint density at radius 3 is 0.953 bits per heavy atom. The predicted octanol–water partition coefficient (Wildman–Crippen LogP) is 17.8. The van der Waals surface area contributed by atoms with Gasteiger partial charge in [0.1, 0.15) is 13.2 Å². The lowest BCUT2D eigenvalue weighted by Gasteiger charge is -2.18. The maximum absolute atomic E-state index is 12.8. The molecular formula is C58H100O6. The summed E-state index contributed by atoms with van der Waals surface area (Å²) in [7, 11) is 0. The summed E-state index contributed by atoms with van der Waals surface area (Å²) >= 11 is 0. The van der Waals surface area contributed by atoms with Gasteiger partial charge in [-0.05, 0) is 83.5 Å². The van der Waals surface area contributed by atoms with Crippen molar-refractivity contribution in [3.63, 3.8) is 0 Å². The average Bonchev–Trinajstić information content (AvgIpc) is 3.29. The van der Waals surface area contributed by atoms with Crippen molar-refractivity contribution >= 4 is 17.9 Å². The van der Waals surface area contributed by atoms with Crippen molar-refractivity contribution in [2.45, 2.75) is 264 Å². The standard InChI is InChI=1S/C58H100O6/c1-4-7-10-13-16-19-22-25-27-28-29-30-32-33-36-39-42-45-48-51-57(60)63-54-55(53-62-56(59)50-47-44-41-38-35-24-21-18-15-12-9-6-3)64-58(61)52-49-46-43-40-37-34-31-26-23-20-17-14-11-8-5-2/h7,9-10,12,16,18-19,21,25,27,29-30,55H,4-6,8,11,13-15,17,20,22-24,26,28,31-54H2,1-3H3/b10-7-,12-9-,19-16-,21-18-,27-25-,30-29-. The molecule has 0 N–H and O–H groups in total. The molecule has 0 aromatic rings. The third-order valence-electron chi connectivity index (χ3n) is 11.5. The van der Waals surface area contributed by atoms with Crippen LogP contribution in [-0.2, 0) is 28.6 Å². The Morgan fingerprint density at radius 1 is 0.328 bits per heavy atom. The number of carbonyl (C=O) groups is 3. The van der Waals surface area contributed by atoms with Crippen LogP contribution < -0.4 is 0 Å². The molecule has 0 spiro atoms. The van der Waals surface area contributed by atoms with E-state index in [4.69, 9.17) is 14.2 Å². The van der Waals surface area contributed by atoms with Crippen LogP contribution in [0.25, 0.3) is 0 Å². The summed E-state index contributed by atoms with van der Waals surface area (Å²) in [4.78, 5) is 38.0. The van der Waals surface area contributed by atoms with E-state index in [9.17, 15) is 14.4 Å². The van der Waals surface area contributed by atoms with Crippen molar-refractivity contribution in [3.05, 3.63) is 72.9 Å². The Labute approximate surface area is 395 Å². The minimum Gasteiger partial charge on any atom is -0.462 e. The van der Waals surface area contributed by atoms with Crippen LogP contribution in [-0.4, -0.2) is 37.2 Å². The van der Waals surface area contributed by atoms with Gasteiger partial charge in [-0.25, -0.2) is 0 Å². The Balaban J connectivity index is 4.38. The second kappa shape index (κ2) is 52.5. The number of allylic oxidation sites excluding steroid dienone is 12. The van der Waals surface area contributed by atoms with Crippen LogP contribution in [0.1, 0.15) is 258 Å². The van der Waals surface area contributed by atoms with E-state index < -0.39 is 6.10 Å². The highest BCUT2D eigenvalue weighted by Crippen LogP contribution is 2.15. The zero-order chi connectivity index (χ0) is 46.5. The molecule has 0 saturated heterocycles. The first-order valence-electron chi connectivity index (χ1n) is 26.9. The van der Waals surface area contributed by atoms with Gasteiger partial charge in [-0.3, -0.25) is 14.4 Å². The maximum Gasteiger partial charge on any atom is 0.306 e. The highest BCUT2D eigenvalue weighted by molar-refractivity contribution is 5.71. The van der Waals surface area contributed by atoms with Gasteiger partial charge >= 0.3 is 17.9 Å². The van der Waals surface area contributed by atoms with Crippen molar-refractivity contribution in [2.75, 3.05) is 13.2 Å². The molecule has 0 heterocycles. The molecule has 0 aliphatic rings. The van der Waals surface area contributed by atoms with E-state index in [0.29, 0.717) is 19.3 Å². The Kier molecular flexibility index (Phi) is 49.9. The SMILES string of the molecule is CC/C=C\C/C=C\C/C=C\C/C=C\CCCCCCCCC(=O)OCC(COC(=O)CCCCCCC/C=C\C/C=C\CC)OC(=O)CCCCCCCCCCCCCCCCC. The van der Waals surface area contributed by atoms with Crippen LogP contribution in [0.2, 0.25) is 0 Å². The summed E-state index contributed by atoms with van der Waals surface area (Å²) in [6, 6.07) is 0. The molecule has 0 amide bonds. The molecule has 0 radical (unpaired) electrons. The van der Waals surface area contributed by atoms with Gasteiger partial charge < -0.3 is 14.2 Å². The molecule has 0 aromatic carbocycles. The first-order chi connectivity index (χ1) is 31.5. The van der Waals surface area contributed by atoms with Crippen LogP contribution in [0.5, 0.6) is 0 Å². The topological polar surface area (TPSA) is 78.9 Å². The molecule has 0 rings (SSSR count). The quantitative estimate of drug-likeness (QED) is 0.0262. The Morgan fingerprint density at radius 2 is 0.609 bits per heavy atom. The minimum absolute atomic E-state index is 0.0859. The average molecular weight is 893 g/mol. The van der Waals surface area contributed by atoms with E-state index in [1.54, 1.807) is 0 Å². The first-order valence-corrected chi connectivity index (χ1v) is 26.9. The number of carbonyl (C=O) groups excluding carboxylic acids is 3. The van der Waals surface area contributed by atoms with Crippen LogP contribution in [0.4, 0.5) is 0 Å². The van der Waals surface area contributed by atoms with E-state index in [0.717, 1.165) is 122 Å². The summed E-state index contributed by atoms with van der Waals surface area (Å²) in [5.74, 6) is -0.907. The van der Waals surface area contributed by atoms with Crippen LogP contribution in [0.15, 0.2) is 72.9 Å². The van der Waals surface area contributed by atoms with Gasteiger partial charge in [-0.15, -0.1) is 0 Å². The van der Waals surface area contributed by atoms with Crippen LogP contribution in [0.3, 0.4) is 0 Å². The number of hydrogen-bond donors (Lipinski definition) is 0. The van der Waals surface area contributed by atoms with Gasteiger partial charge in [0.2, 0.25) is 0 Å². The molecule has 64 heavy (non-hydrogen) atoms. The van der Waals surface area contributed by atoms with Crippen LogP contribution in [0, 0.1) is 0 Å². The van der Waals surface area contributed by atoms with Gasteiger partial charge in [-0.1, -0.05) is 229 Å². The number of rotatable bonds is 48. The molecular weight excluding hydrogens is 793 g/mol. The molecule has 0 bridgehead atoms. The molecule has 0 aromatic heterocycles. The van der Waals surface area contributed by atoms with Gasteiger partial charge in [0.25, 0.3) is 0 Å². The number of ether oxygens (including phenoxy) is 3. The maximum atomic E-state index is 12.8. The molecule has 0 aliphatic carbocycles. The largest absolute Gasteiger partial charge is 0.462 e. The third-order valence-corrected chi connectivity index (χ3v) is 11.5. The number of esters is 3. The van der Waals surface area contributed by atoms with Gasteiger partial charge in [0.05, 0.1) is 0 Å². The fraction of sp³-hybridized carbons (Fsp3) is 0.741. The Bertz CT molecular complexity index is 1210. The lowest BCUT2D eigenvalue weighted by Crippen LogP contribution is -2.30. The molecule has 1 unspecified atom stereocenters. The second-order valence-corrected chi connectivity index (χ2v) is 17.7. The summed E-state index contributed by atoms with van der Waals surface area (Å²) in [6.07, 6.45) is 66.0. The van der Waals surface area contributed by atoms with E-state index >= 15 is 0 Å². The smallest absolute Gasteiger partial charge is 0.306 e. The third kappa shape index (κ3) is 49.9. The van der Waals surface area contributed by atoms with E-state index in [-0.39, 0.29) is 31.1 Å². The normalized spacial score (nSPS) is 12.6. The van der Waals surface area contributed by atoms with Gasteiger partial charge in [-0.2, -0.15) is 0 Å². The lowest BCUT2D eigenvalue weighted by molar-refractivity contribution is -0.167. The summed E-state index contributed by atoms with van der Waals surface area (Å²) in [5, 5.41) is 0. The summed E-state index contributed by atoms with van der Waals surface area (Å²) in [6.45, 7) is 6.40. The highest BCUT2D eigenvalue weighted by Gasteiger charge is 2.19. The van der Waals surface area contributed by atoms with Crippen molar-refractivity contribution in [1.82, 2.24) is 0 Å². The molecule has 0 aliphatic heterocycles. The lowest BCUT2D eigenvalue weighted by atomic mass is 10.0. The number of hydrogen-bond acceptors (Lipinski definition) is 6. The minimum atomic E-state index is -0.785. The molecule has 6 heteroatoms. The first kappa shape index (κ1) is 60.9. The fourth-order valence-electron chi connectivity index (χ4n) is 7.47. The van der Waals surface area contributed by atoms with Crippen molar-refractivity contribution in [3.8, 4) is 0 Å². The van der Waals surface area contributed by atoms with Crippen molar-refractivity contribution in [2.24, 2.45) is 0 Å². The summed E-state index contributed by atoms with van der Waals surface area (Å²) in [5.41, 5.74) is 0. The molecule has 0 fully saturated rings. The van der Waals surface area contributed by atoms with E-state index in [1.165, 1.54) is 96.3 Å². The van der Waals surface area contributed by atoms with Gasteiger partial charge in [0, 0.05) is 19.3 Å². The van der Waals surface area contributed by atoms with Gasteiger partial charge in [0.15, 0.2) is 6.10 Å². The van der Waals surface area contributed by atoms with E-state index in [1.807, 2.05) is 0 Å². The zero-order valence-electron chi connectivity index (χ0n) is 42.0. The molecule has 6 nitrogen and oxygen atoms in total. The highest BCUT2D eigenvalue weighted by atomic mass is 16.6. The number of unbranched alkanes of at least 4 members (excludes halogenated alkanes) is 25. The molecule has 368 valence electrons. The summed E-state index contributed by atoms with van der Waals surface area (Å²) < 4.78 is 16.8. The molecule has 1 atom stereocenters. The van der Waals surface area contributed by atoms with Crippen LogP contribution >= 0.6 is 0 Å². The zero-order valence-corrected chi connectivity index (χ0v) is 42.0. The molecule has 0 saturated carbocycles. The van der Waals surface area contributed by atoms with E-state index in [2.05, 4.69) is 93.7 Å². The predicted molar refractivity (Wildman–Crippen MR) is 274 cm³/mol. The fourth-order valence-corrected chi connectivity index (χ4v) is 7.47. The second-order valence-electron chi connectivity index (χ2n) is 17.7.